The lowest BCUT2D eigenvalue weighted by atomic mass is 9.66. The van der Waals surface area contributed by atoms with Crippen molar-refractivity contribution in [1.29, 1.82) is 0 Å². The maximum absolute atomic E-state index is 13.4. The van der Waals surface area contributed by atoms with E-state index in [4.69, 9.17) is 0 Å². The Labute approximate surface area is 188 Å². The molecule has 1 saturated carbocycles. The average molecular weight is 448 g/mol. The third kappa shape index (κ3) is 3.49. The van der Waals surface area contributed by atoms with Crippen molar-refractivity contribution >= 4 is 17.2 Å². The zero-order valence-electron chi connectivity index (χ0n) is 17.2. The van der Waals surface area contributed by atoms with Crippen molar-refractivity contribution < 1.29 is 21.6 Å². The second-order valence-electron chi connectivity index (χ2n) is 9.06. The molecule has 3 fully saturated rings. The van der Waals surface area contributed by atoms with Gasteiger partial charge in [0.15, 0.2) is 0 Å². The Kier molecular flexibility index (Phi) is 6.25. The van der Waals surface area contributed by atoms with Crippen molar-refractivity contribution in [2.45, 2.75) is 56.4 Å². The van der Waals surface area contributed by atoms with Crippen molar-refractivity contribution in [2.24, 2.45) is 5.41 Å². The molecule has 30 heavy (non-hydrogen) atoms. The molecule has 162 valence electrons. The van der Waals surface area contributed by atoms with E-state index in [1.54, 1.807) is 11.3 Å². The fraction of sp³-hybridized carbons (Fsp3) is 0.542. The number of likely N-dealkylation sites (tertiary alicyclic amines) is 1. The lowest BCUT2D eigenvalue weighted by Gasteiger charge is -2.51. The van der Waals surface area contributed by atoms with Gasteiger partial charge in [0.1, 0.15) is 5.82 Å². The van der Waals surface area contributed by atoms with Crippen LogP contribution in [0.1, 0.15) is 62.0 Å². The molecular formula is C24H29ClFN2OS-. The van der Waals surface area contributed by atoms with E-state index in [0.29, 0.717) is 6.54 Å². The highest BCUT2D eigenvalue weighted by Crippen LogP contribution is 2.51. The van der Waals surface area contributed by atoms with E-state index in [2.05, 4.69) is 27.0 Å². The van der Waals surface area contributed by atoms with Crippen LogP contribution in [0.5, 0.6) is 0 Å². The lowest BCUT2D eigenvalue weighted by Crippen LogP contribution is -3.00. The van der Waals surface area contributed by atoms with Gasteiger partial charge in [-0.15, -0.1) is 0 Å². The van der Waals surface area contributed by atoms with Gasteiger partial charge >= 0.3 is 0 Å². The number of nitrogens with one attached hydrogen (secondary N) is 1. The molecule has 6 heteroatoms. The van der Waals surface area contributed by atoms with Gasteiger partial charge in [0.25, 0.3) is 0 Å². The summed E-state index contributed by atoms with van der Waals surface area (Å²) in [5.41, 5.74) is 2.37. The summed E-state index contributed by atoms with van der Waals surface area (Å²) in [4.78, 5) is 15.7. The largest absolute Gasteiger partial charge is 1.00 e. The second-order valence-corrected chi connectivity index (χ2v) is 9.84. The van der Waals surface area contributed by atoms with Crippen molar-refractivity contribution in [3.05, 3.63) is 58.0 Å². The van der Waals surface area contributed by atoms with Crippen LogP contribution in [-0.2, 0) is 10.3 Å². The lowest BCUT2D eigenvalue weighted by molar-refractivity contribution is -0.132. The Hall–Kier alpha value is -1.43. The molecule has 2 saturated heterocycles. The molecule has 1 spiro atoms. The number of carbonyl (C=O) groups is 1. The van der Waals surface area contributed by atoms with Crippen LogP contribution in [0.15, 0.2) is 41.1 Å². The first kappa shape index (κ1) is 21.8. The van der Waals surface area contributed by atoms with Gasteiger partial charge in [-0.25, -0.2) is 4.39 Å². The van der Waals surface area contributed by atoms with Gasteiger partial charge in [0.2, 0.25) is 5.91 Å². The molecule has 0 bridgehead atoms. The highest BCUT2D eigenvalue weighted by Gasteiger charge is 2.54. The number of rotatable bonds is 3. The molecule has 1 atom stereocenters. The first-order valence-corrected chi connectivity index (χ1v) is 11.9. The van der Waals surface area contributed by atoms with Gasteiger partial charge in [-0.3, -0.25) is 9.69 Å². The number of nitrogens with zero attached hydrogens (tertiary/aromatic N) is 1. The summed E-state index contributed by atoms with van der Waals surface area (Å²) in [5.74, 6) is 0.116. The highest BCUT2D eigenvalue weighted by atomic mass is 35.5. The summed E-state index contributed by atoms with van der Waals surface area (Å²) < 4.78 is 13.4. The molecule has 1 N–H and O–H groups in total. The fourth-order valence-electron chi connectivity index (χ4n) is 6.22. The van der Waals surface area contributed by atoms with Crippen LogP contribution < -0.4 is 17.7 Å². The molecule has 1 amide bonds. The minimum Gasteiger partial charge on any atom is -1.00 e. The third-order valence-corrected chi connectivity index (χ3v) is 8.54. The minimum absolute atomic E-state index is 0. The topological polar surface area (TPSA) is 32.3 Å². The zero-order chi connectivity index (χ0) is 19.9. The maximum Gasteiger partial charge on any atom is 0.227 e. The molecule has 1 unspecified atom stereocenters. The zero-order valence-corrected chi connectivity index (χ0v) is 18.8. The van der Waals surface area contributed by atoms with E-state index < -0.39 is 0 Å². The average Bonchev–Trinajstić information content (AvgIpc) is 3.40. The van der Waals surface area contributed by atoms with Crippen LogP contribution in [0.4, 0.5) is 4.39 Å². The molecule has 3 aliphatic rings. The van der Waals surface area contributed by atoms with Crippen LogP contribution >= 0.6 is 11.3 Å². The van der Waals surface area contributed by atoms with Crippen LogP contribution in [0.3, 0.4) is 0 Å². The highest BCUT2D eigenvalue weighted by molar-refractivity contribution is 7.08. The molecule has 1 aliphatic carbocycles. The van der Waals surface area contributed by atoms with Crippen molar-refractivity contribution in [2.75, 3.05) is 19.6 Å². The summed E-state index contributed by atoms with van der Waals surface area (Å²) in [7, 11) is 0. The molecule has 2 aromatic rings. The van der Waals surface area contributed by atoms with Crippen molar-refractivity contribution in [3.8, 4) is 0 Å². The SMILES string of the molecule is O=C1NCC(c2ccc(F)cc2)C12CCN(C1(c3ccsc3)CCCCC1)CC2.[Cl-]. The summed E-state index contributed by atoms with van der Waals surface area (Å²) in [6.45, 7) is 2.59. The predicted octanol–water partition coefficient (Wildman–Crippen LogP) is 2.05. The molecule has 2 aliphatic heterocycles. The first-order chi connectivity index (χ1) is 14.1. The van der Waals surface area contributed by atoms with Gasteiger partial charge in [-0.1, -0.05) is 31.4 Å². The van der Waals surface area contributed by atoms with Crippen LogP contribution in [0.25, 0.3) is 0 Å². The van der Waals surface area contributed by atoms with Crippen molar-refractivity contribution in [1.82, 2.24) is 10.2 Å². The normalized spacial score (nSPS) is 25.6. The fourth-order valence-corrected chi connectivity index (χ4v) is 6.97. The Morgan fingerprint density at radius 1 is 1.00 bits per heavy atom. The number of hydrogen-bond donors (Lipinski definition) is 1. The Bertz CT molecular complexity index is 856. The molecule has 3 heterocycles. The van der Waals surface area contributed by atoms with E-state index in [1.807, 2.05) is 12.1 Å². The molecule has 1 aromatic heterocycles. The summed E-state index contributed by atoms with van der Waals surface area (Å²) >= 11 is 1.79. The smallest absolute Gasteiger partial charge is 0.227 e. The van der Waals surface area contributed by atoms with E-state index in [1.165, 1.54) is 49.8 Å². The number of piperidine rings is 1. The Balaban J connectivity index is 0.00000218. The number of halogens is 2. The van der Waals surface area contributed by atoms with Gasteiger partial charge in [0.05, 0.1) is 5.41 Å². The van der Waals surface area contributed by atoms with Gasteiger partial charge < -0.3 is 17.7 Å². The molecule has 3 nitrogen and oxygen atoms in total. The second kappa shape index (κ2) is 8.60. The van der Waals surface area contributed by atoms with Crippen molar-refractivity contribution in [3.63, 3.8) is 0 Å². The third-order valence-electron chi connectivity index (χ3n) is 7.86. The van der Waals surface area contributed by atoms with Crippen LogP contribution in [0.2, 0.25) is 0 Å². The van der Waals surface area contributed by atoms with E-state index in [-0.39, 0.29) is 41.0 Å². The van der Waals surface area contributed by atoms with Gasteiger partial charge in [-0.2, -0.15) is 11.3 Å². The summed E-state index contributed by atoms with van der Waals surface area (Å²) in [5, 5.41) is 7.66. The van der Waals surface area contributed by atoms with Crippen LogP contribution in [0, 0.1) is 11.2 Å². The Morgan fingerprint density at radius 3 is 2.33 bits per heavy atom. The monoisotopic (exact) mass is 447 g/mol. The standard InChI is InChI=1S/C24H29FN2OS.ClH/c25-20-6-4-18(5-7-20)21-16-26-22(28)23(21)11-13-27(14-12-23)24(9-2-1-3-10-24)19-8-15-29-17-19;/h4-8,15,17,21H,1-3,9-14,16H2,(H,26,28);1H/p-1. The molecule has 5 rings (SSSR count). The minimum atomic E-state index is -0.348. The number of amides is 1. The number of carbonyl (C=O) groups excluding carboxylic acids is 1. The molecule has 1 aromatic carbocycles. The number of hydrogen-bond acceptors (Lipinski definition) is 3. The summed E-state index contributed by atoms with van der Waals surface area (Å²) in [6, 6.07) is 9.08. The molecule has 0 radical (unpaired) electrons. The molecular weight excluding hydrogens is 419 g/mol. The van der Waals surface area contributed by atoms with E-state index in [9.17, 15) is 9.18 Å². The first-order valence-electron chi connectivity index (χ1n) is 11.0. The van der Waals surface area contributed by atoms with E-state index in [0.717, 1.165) is 31.5 Å². The summed E-state index contributed by atoms with van der Waals surface area (Å²) in [6.07, 6.45) is 8.12. The van der Waals surface area contributed by atoms with Gasteiger partial charge in [0, 0.05) is 31.1 Å². The quantitative estimate of drug-likeness (QED) is 0.781. The Morgan fingerprint density at radius 2 is 1.70 bits per heavy atom. The van der Waals surface area contributed by atoms with Crippen LogP contribution in [-0.4, -0.2) is 30.4 Å². The number of benzene rings is 1. The predicted molar refractivity (Wildman–Crippen MR) is 114 cm³/mol. The maximum atomic E-state index is 13.4. The van der Waals surface area contributed by atoms with Gasteiger partial charge in [-0.05, 0) is 65.8 Å². The number of thiophene rings is 1. The van der Waals surface area contributed by atoms with E-state index >= 15 is 0 Å².